The number of aliphatic hydroxyl groups excluding tert-OH is 1. The van der Waals surface area contributed by atoms with Crippen molar-refractivity contribution < 1.29 is 19.8 Å². The number of allylic oxidation sites excluding steroid dienone is 1. The number of carbonyl (C=O) groups excluding carboxylic acids is 1. The molecule has 1 aliphatic rings. The predicted molar refractivity (Wildman–Crippen MR) is 65.5 cm³/mol. The fraction of sp³-hybridized carbons (Fsp3) is 0.231. The van der Waals surface area contributed by atoms with E-state index in [0.29, 0.717) is 16.2 Å². The molecule has 1 unspecified atom stereocenters. The topological polar surface area (TPSA) is 77.8 Å². The number of fused-ring (bicyclic) bond motifs is 1. The van der Waals surface area contributed by atoms with Crippen molar-refractivity contribution in [2.45, 2.75) is 11.8 Å². The van der Waals surface area contributed by atoms with Crippen molar-refractivity contribution in [1.29, 1.82) is 0 Å². The molecule has 2 rings (SSSR count). The van der Waals surface area contributed by atoms with Crippen LogP contribution < -0.4 is 4.90 Å². The lowest BCUT2D eigenvalue weighted by atomic mass is 9.79. The predicted octanol–water partition coefficient (Wildman–Crippen LogP) is 1.52. The van der Waals surface area contributed by atoms with Crippen molar-refractivity contribution in [3.05, 3.63) is 42.5 Å². The highest BCUT2D eigenvalue weighted by atomic mass is 16.4. The van der Waals surface area contributed by atoms with Crippen molar-refractivity contribution in [1.82, 2.24) is 0 Å². The Labute approximate surface area is 104 Å². The Morgan fingerprint density at radius 3 is 2.67 bits per heavy atom. The van der Waals surface area contributed by atoms with E-state index in [0.717, 1.165) is 0 Å². The number of rotatable bonds is 3. The fourth-order valence-electron chi connectivity index (χ4n) is 2.36. The fourth-order valence-corrected chi connectivity index (χ4v) is 2.36. The normalized spacial score (nSPS) is 21.8. The molecule has 0 spiro atoms. The monoisotopic (exact) mass is 247 g/mol. The van der Waals surface area contributed by atoms with E-state index >= 15 is 0 Å². The summed E-state index contributed by atoms with van der Waals surface area (Å²) in [6, 6.07) is 6.59. The highest BCUT2D eigenvalue weighted by Gasteiger charge is 2.51. The number of benzene rings is 1. The Bertz CT molecular complexity index is 525. The lowest BCUT2D eigenvalue weighted by Crippen LogP contribution is -2.44. The third-order valence-corrected chi connectivity index (χ3v) is 3.23. The molecule has 18 heavy (non-hydrogen) atoms. The van der Waals surface area contributed by atoms with Gasteiger partial charge in [-0.2, -0.15) is 0 Å². The molecule has 0 radical (unpaired) electrons. The number of amides is 2. The van der Waals surface area contributed by atoms with Crippen molar-refractivity contribution in [3.63, 3.8) is 0 Å². The summed E-state index contributed by atoms with van der Waals surface area (Å²) in [5, 5.41) is 18.7. The number of hydrogen-bond acceptors (Lipinski definition) is 3. The molecule has 5 nitrogen and oxygen atoms in total. The summed E-state index contributed by atoms with van der Waals surface area (Å²) >= 11 is 0. The quantitative estimate of drug-likeness (QED) is 0.794. The standard InChI is InChI=1S/C13H13NO4/c1-2-7-13(8-15)9-5-3-4-6-10(9)14(11(13)16)12(17)18/h2-6,15H,1,7-8H2,(H,17,18). The summed E-state index contributed by atoms with van der Waals surface area (Å²) in [6.07, 6.45) is 0.367. The number of para-hydroxylation sites is 1. The van der Waals surface area contributed by atoms with Gasteiger partial charge in [0.15, 0.2) is 0 Å². The van der Waals surface area contributed by atoms with E-state index in [-0.39, 0.29) is 6.42 Å². The number of nitrogens with zero attached hydrogens (tertiary/aromatic N) is 1. The molecular formula is C13H13NO4. The molecule has 0 aliphatic carbocycles. The van der Waals surface area contributed by atoms with Crippen LogP contribution in [0.3, 0.4) is 0 Å². The van der Waals surface area contributed by atoms with Crippen LogP contribution in [0.15, 0.2) is 36.9 Å². The number of imide groups is 1. The Morgan fingerprint density at radius 2 is 2.11 bits per heavy atom. The van der Waals surface area contributed by atoms with Crippen LogP contribution in [0.2, 0.25) is 0 Å². The first kappa shape index (κ1) is 12.3. The Kier molecular flexibility index (Phi) is 2.92. The van der Waals surface area contributed by atoms with Gasteiger partial charge in [-0.05, 0) is 18.1 Å². The lowest BCUT2D eigenvalue weighted by Gasteiger charge is -2.23. The van der Waals surface area contributed by atoms with Gasteiger partial charge in [0.1, 0.15) is 5.41 Å². The van der Waals surface area contributed by atoms with Gasteiger partial charge >= 0.3 is 6.09 Å². The SMILES string of the molecule is C=CCC1(CO)C(=O)N(C(=O)O)c2ccccc21. The molecule has 2 N–H and O–H groups in total. The van der Waals surface area contributed by atoms with E-state index in [9.17, 15) is 14.7 Å². The average Bonchev–Trinajstić information content (AvgIpc) is 2.60. The van der Waals surface area contributed by atoms with Gasteiger partial charge in [-0.3, -0.25) is 4.79 Å². The van der Waals surface area contributed by atoms with Crippen molar-refractivity contribution in [3.8, 4) is 0 Å². The van der Waals surface area contributed by atoms with Gasteiger partial charge in [-0.15, -0.1) is 6.58 Å². The number of anilines is 1. The van der Waals surface area contributed by atoms with Crippen LogP contribution in [-0.2, 0) is 10.2 Å². The number of aliphatic hydroxyl groups is 1. The van der Waals surface area contributed by atoms with Crippen molar-refractivity contribution in [2.75, 3.05) is 11.5 Å². The first-order valence-corrected chi connectivity index (χ1v) is 5.47. The summed E-state index contributed by atoms with van der Waals surface area (Å²) in [5.74, 6) is -0.626. The molecule has 1 aliphatic heterocycles. The minimum atomic E-state index is -1.34. The zero-order chi connectivity index (χ0) is 13.3. The van der Waals surface area contributed by atoms with E-state index < -0.39 is 24.0 Å². The summed E-state index contributed by atoms with van der Waals surface area (Å²) < 4.78 is 0. The smallest absolute Gasteiger partial charge is 0.418 e. The molecule has 1 aromatic carbocycles. The van der Waals surface area contributed by atoms with Crippen LogP contribution in [0.25, 0.3) is 0 Å². The zero-order valence-corrected chi connectivity index (χ0v) is 9.67. The zero-order valence-electron chi connectivity index (χ0n) is 9.67. The van der Waals surface area contributed by atoms with Crippen LogP contribution in [0.4, 0.5) is 10.5 Å². The molecule has 0 saturated carbocycles. The maximum Gasteiger partial charge on any atom is 0.418 e. The van der Waals surface area contributed by atoms with E-state index in [1.165, 1.54) is 6.08 Å². The van der Waals surface area contributed by atoms with Crippen LogP contribution >= 0.6 is 0 Å². The molecule has 0 aromatic heterocycles. The minimum Gasteiger partial charge on any atom is -0.464 e. The van der Waals surface area contributed by atoms with Crippen LogP contribution in [0, 0.1) is 0 Å². The van der Waals surface area contributed by atoms with Gasteiger partial charge in [-0.25, -0.2) is 9.69 Å². The third kappa shape index (κ3) is 1.44. The van der Waals surface area contributed by atoms with E-state index in [2.05, 4.69) is 6.58 Å². The number of carbonyl (C=O) groups is 2. The number of hydrogen-bond donors (Lipinski definition) is 2. The Balaban J connectivity index is 2.67. The number of carboxylic acid groups (broad SMARTS) is 1. The van der Waals surface area contributed by atoms with E-state index in [1.54, 1.807) is 24.3 Å². The van der Waals surface area contributed by atoms with Gasteiger partial charge in [0.05, 0.1) is 12.3 Å². The first-order valence-electron chi connectivity index (χ1n) is 5.47. The second-order valence-electron chi connectivity index (χ2n) is 4.17. The molecule has 0 fully saturated rings. The summed E-state index contributed by atoms with van der Waals surface area (Å²) in [5.41, 5.74) is -0.387. The summed E-state index contributed by atoms with van der Waals surface area (Å²) in [6.45, 7) is 3.12. The molecule has 1 heterocycles. The molecule has 2 amide bonds. The highest BCUT2D eigenvalue weighted by Crippen LogP contribution is 2.43. The van der Waals surface area contributed by atoms with Crippen LogP contribution in [0.1, 0.15) is 12.0 Å². The Hall–Kier alpha value is -2.14. The van der Waals surface area contributed by atoms with Crippen LogP contribution in [-0.4, -0.2) is 28.8 Å². The molecule has 1 aromatic rings. The van der Waals surface area contributed by atoms with Gasteiger partial charge in [0.25, 0.3) is 0 Å². The molecule has 5 heteroatoms. The van der Waals surface area contributed by atoms with Gasteiger partial charge < -0.3 is 10.2 Å². The lowest BCUT2D eigenvalue weighted by molar-refractivity contribution is -0.124. The maximum atomic E-state index is 12.3. The summed E-state index contributed by atoms with van der Waals surface area (Å²) in [7, 11) is 0. The van der Waals surface area contributed by atoms with Crippen molar-refractivity contribution in [2.24, 2.45) is 0 Å². The van der Waals surface area contributed by atoms with Gasteiger partial charge in [-0.1, -0.05) is 24.3 Å². The average molecular weight is 247 g/mol. The minimum absolute atomic E-state index is 0.198. The molecular weight excluding hydrogens is 234 g/mol. The largest absolute Gasteiger partial charge is 0.464 e. The van der Waals surface area contributed by atoms with Gasteiger partial charge in [0, 0.05) is 0 Å². The third-order valence-electron chi connectivity index (χ3n) is 3.23. The molecule has 1 atom stereocenters. The van der Waals surface area contributed by atoms with Crippen molar-refractivity contribution >= 4 is 17.7 Å². The second kappa shape index (κ2) is 4.27. The highest BCUT2D eigenvalue weighted by molar-refractivity contribution is 6.20. The molecule has 0 saturated heterocycles. The first-order chi connectivity index (χ1) is 8.58. The van der Waals surface area contributed by atoms with E-state index in [1.807, 2.05) is 0 Å². The van der Waals surface area contributed by atoms with Crippen LogP contribution in [0.5, 0.6) is 0 Å². The second-order valence-corrected chi connectivity index (χ2v) is 4.17. The summed E-state index contributed by atoms with van der Waals surface area (Å²) in [4.78, 5) is 24.2. The Morgan fingerprint density at radius 1 is 1.44 bits per heavy atom. The van der Waals surface area contributed by atoms with Gasteiger partial charge in [0.2, 0.25) is 5.91 Å². The molecule has 94 valence electrons. The molecule has 0 bridgehead atoms. The maximum absolute atomic E-state index is 12.3. The van der Waals surface area contributed by atoms with E-state index in [4.69, 9.17) is 5.11 Å².